The Labute approximate surface area is 268 Å². The monoisotopic (exact) mass is 677 g/mol. The summed E-state index contributed by atoms with van der Waals surface area (Å²) in [4.78, 5) is 23.6. The Bertz CT molecular complexity index is 1910. The van der Waals surface area contributed by atoms with Crippen molar-refractivity contribution in [2.24, 2.45) is 5.10 Å². The summed E-state index contributed by atoms with van der Waals surface area (Å²) >= 11 is 18.4. The molecule has 230 valence electrons. The first-order valence-corrected chi connectivity index (χ1v) is 15.4. The molecular formula is C29H26Cl3N5O6S. The molecule has 0 aliphatic rings. The van der Waals surface area contributed by atoms with Gasteiger partial charge in [0.05, 0.1) is 38.9 Å². The van der Waals surface area contributed by atoms with Gasteiger partial charge in [0.15, 0.2) is 0 Å². The van der Waals surface area contributed by atoms with E-state index in [1.165, 1.54) is 50.6 Å². The van der Waals surface area contributed by atoms with Gasteiger partial charge in [0.2, 0.25) is 0 Å². The van der Waals surface area contributed by atoms with Gasteiger partial charge in [-0.1, -0.05) is 40.9 Å². The van der Waals surface area contributed by atoms with Gasteiger partial charge in [-0.05, 0) is 69.3 Å². The molecule has 0 fully saturated rings. The van der Waals surface area contributed by atoms with Gasteiger partial charge in [-0.2, -0.15) is 5.10 Å². The van der Waals surface area contributed by atoms with E-state index in [4.69, 9.17) is 39.5 Å². The van der Waals surface area contributed by atoms with Crippen molar-refractivity contribution < 1.29 is 22.9 Å². The molecule has 0 spiro atoms. The first-order chi connectivity index (χ1) is 20.7. The molecule has 1 N–H and O–H groups in total. The Balaban J connectivity index is 1.65. The zero-order chi connectivity index (χ0) is 32.3. The minimum Gasteiger partial charge on any atom is -0.495 e. The van der Waals surface area contributed by atoms with Gasteiger partial charge in [0.1, 0.15) is 12.3 Å². The van der Waals surface area contributed by atoms with Gasteiger partial charge in [0, 0.05) is 39.3 Å². The maximum atomic E-state index is 13.9. The molecule has 4 rings (SSSR count). The molecule has 3 aromatic carbocycles. The summed E-state index contributed by atoms with van der Waals surface area (Å²) in [6.45, 7) is 4.49. The Hall–Kier alpha value is -4.10. The number of halogens is 3. The molecule has 1 aromatic heterocycles. The number of nitro benzene ring substituents is 1. The molecule has 1 heterocycles. The van der Waals surface area contributed by atoms with Crippen LogP contribution >= 0.6 is 34.8 Å². The van der Waals surface area contributed by atoms with Crippen LogP contribution in [0.1, 0.15) is 22.5 Å². The van der Waals surface area contributed by atoms with E-state index >= 15 is 0 Å². The average Bonchev–Trinajstić information content (AvgIpc) is 3.25. The number of nitrogens with zero attached hydrogens (tertiary/aromatic N) is 4. The van der Waals surface area contributed by atoms with E-state index in [2.05, 4.69) is 10.5 Å². The fourth-order valence-electron chi connectivity index (χ4n) is 4.51. The molecule has 0 saturated heterocycles. The Kier molecular flexibility index (Phi) is 9.89. The number of methoxy groups -OCH3 is 1. The van der Waals surface area contributed by atoms with Crippen molar-refractivity contribution in [2.75, 3.05) is 18.0 Å². The van der Waals surface area contributed by atoms with Crippen molar-refractivity contribution >= 4 is 68.3 Å². The number of aromatic nitrogens is 1. The third-order valence-corrected chi connectivity index (χ3v) is 9.42. The van der Waals surface area contributed by atoms with Crippen LogP contribution in [-0.2, 0) is 14.8 Å². The summed E-state index contributed by atoms with van der Waals surface area (Å²) in [5.74, 6) is -0.697. The van der Waals surface area contributed by atoms with Crippen LogP contribution < -0.4 is 14.5 Å². The zero-order valence-electron chi connectivity index (χ0n) is 23.8. The SMILES string of the molecule is COc1ccc(Cl)cc1N(CC(=O)N/N=C\c1cc(C)n(-c2ccc(Cl)c(Cl)c2)c1C)S(=O)(=O)c1ccc(C)c([N+](=O)[O-])c1. The highest BCUT2D eigenvalue weighted by atomic mass is 35.5. The van der Waals surface area contributed by atoms with Crippen molar-refractivity contribution in [3.63, 3.8) is 0 Å². The summed E-state index contributed by atoms with van der Waals surface area (Å²) in [5.41, 5.74) is 5.31. The first-order valence-electron chi connectivity index (χ1n) is 12.8. The smallest absolute Gasteiger partial charge is 0.273 e. The number of anilines is 1. The third-order valence-electron chi connectivity index (χ3n) is 6.69. The number of rotatable bonds is 10. The highest BCUT2D eigenvalue weighted by Crippen LogP contribution is 2.36. The Morgan fingerprint density at radius 3 is 2.43 bits per heavy atom. The number of amides is 1. The molecule has 15 heteroatoms. The molecule has 4 aromatic rings. The number of carbonyl (C=O) groups is 1. The topological polar surface area (TPSA) is 136 Å². The largest absolute Gasteiger partial charge is 0.495 e. The highest BCUT2D eigenvalue weighted by Gasteiger charge is 2.31. The minimum absolute atomic E-state index is 0.0486. The lowest BCUT2D eigenvalue weighted by atomic mass is 10.2. The van der Waals surface area contributed by atoms with Crippen molar-refractivity contribution in [3.8, 4) is 11.4 Å². The molecule has 1 amide bonds. The van der Waals surface area contributed by atoms with Gasteiger partial charge in [-0.25, -0.2) is 13.8 Å². The normalized spacial score (nSPS) is 11.5. The molecule has 0 saturated carbocycles. The fraction of sp³-hybridized carbons (Fsp3) is 0.172. The van der Waals surface area contributed by atoms with E-state index in [1.54, 1.807) is 12.1 Å². The first kappa shape index (κ1) is 32.8. The molecule has 11 nitrogen and oxygen atoms in total. The number of hydrogen-bond donors (Lipinski definition) is 1. The van der Waals surface area contributed by atoms with Crippen molar-refractivity contribution in [1.29, 1.82) is 0 Å². The number of nitrogens with one attached hydrogen (secondary N) is 1. The predicted octanol–water partition coefficient (Wildman–Crippen LogP) is 6.63. The second-order valence-electron chi connectivity index (χ2n) is 9.59. The highest BCUT2D eigenvalue weighted by molar-refractivity contribution is 7.92. The van der Waals surface area contributed by atoms with Gasteiger partial charge >= 0.3 is 0 Å². The second-order valence-corrected chi connectivity index (χ2v) is 12.7. The van der Waals surface area contributed by atoms with E-state index in [1.807, 2.05) is 30.5 Å². The molecule has 0 aliphatic carbocycles. The third kappa shape index (κ3) is 6.83. The maximum absolute atomic E-state index is 13.9. The minimum atomic E-state index is -4.54. The lowest BCUT2D eigenvalue weighted by Crippen LogP contribution is -2.39. The van der Waals surface area contributed by atoms with Gasteiger partial charge in [-0.3, -0.25) is 19.2 Å². The van der Waals surface area contributed by atoms with Crippen molar-refractivity contribution in [3.05, 3.63) is 108 Å². The molecular weight excluding hydrogens is 653 g/mol. The number of benzene rings is 3. The number of sulfonamides is 1. The fourth-order valence-corrected chi connectivity index (χ4v) is 6.41. The average molecular weight is 679 g/mol. The van der Waals surface area contributed by atoms with Crippen molar-refractivity contribution in [2.45, 2.75) is 25.7 Å². The van der Waals surface area contributed by atoms with Crippen LogP contribution in [0.15, 0.2) is 70.7 Å². The van der Waals surface area contributed by atoms with E-state index in [-0.39, 0.29) is 22.0 Å². The number of ether oxygens (including phenoxy) is 1. The Morgan fingerprint density at radius 2 is 1.77 bits per heavy atom. The molecule has 0 unspecified atom stereocenters. The van der Waals surface area contributed by atoms with E-state index in [9.17, 15) is 23.3 Å². The van der Waals surface area contributed by atoms with Crippen LogP contribution in [0.25, 0.3) is 5.69 Å². The maximum Gasteiger partial charge on any atom is 0.273 e. The number of hydrazone groups is 1. The van der Waals surface area contributed by atoms with Crippen LogP contribution in [0.4, 0.5) is 11.4 Å². The predicted molar refractivity (Wildman–Crippen MR) is 171 cm³/mol. The number of nitro groups is 1. The van der Waals surface area contributed by atoms with Gasteiger partial charge in [0.25, 0.3) is 21.6 Å². The molecule has 44 heavy (non-hydrogen) atoms. The van der Waals surface area contributed by atoms with Crippen LogP contribution in [0, 0.1) is 30.9 Å². The zero-order valence-corrected chi connectivity index (χ0v) is 26.9. The number of aryl methyl sites for hydroxylation is 2. The van der Waals surface area contributed by atoms with Gasteiger partial charge < -0.3 is 9.30 Å². The lowest BCUT2D eigenvalue weighted by Gasteiger charge is -2.25. The summed E-state index contributed by atoms with van der Waals surface area (Å²) in [6.07, 6.45) is 1.43. The Morgan fingerprint density at radius 1 is 1.05 bits per heavy atom. The summed E-state index contributed by atoms with van der Waals surface area (Å²) in [6, 6.07) is 14.8. The van der Waals surface area contributed by atoms with Crippen molar-refractivity contribution in [1.82, 2.24) is 9.99 Å². The number of hydrogen-bond acceptors (Lipinski definition) is 7. The molecule has 0 aliphatic heterocycles. The molecule has 0 atom stereocenters. The summed E-state index contributed by atoms with van der Waals surface area (Å²) in [5, 5.41) is 16.6. The van der Waals surface area contributed by atoms with Gasteiger partial charge in [-0.15, -0.1) is 0 Å². The van der Waals surface area contributed by atoms with E-state index in [0.717, 1.165) is 27.4 Å². The van der Waals surface area contributed by atoms with Crippen LogP contribution in [0.3, 0.4) is 0 Å². The van der Waals surface area contributed by atoms with Crippen LogP contribution in [0.5, 0.6) is 5.75 Å². The van der Waals surface area contributed by atoms with E-state index in [0.29, 0.717) is 15.6 Å². The summed E-state index contributed by atoms with van der Waals surface area (Å²) in [7, 11) is -3.21. The molecule has 0 radical (unpaired) electrons. The molecule has 0 bridgehead atoms. The quantitative estimate of drug-likeness (QED) is 0.114. The van der Waals surface area contributed by atoms with E-state index < -0.39 is 38.0 Å². The number of carbonyl (C=O) groups excluding carboxylic acids is 1. The standard InChI is InChI=1S/C29H26Cl3N5O6S/c1-17-5-8-23(14-26(17)37(39)40)44(41,42)35(27-12-21(30)6-10-28(27)43-4)16-29(38)34-33-15-20-11-18(2)36(19(20)3)22-7-9-24(31)25(32)13-22/h5-15H,16H2,1-4H3,(H,34,38)/b33-15-. The lowest BCUT2D eigenvalue weighted by molar-refractivity contribution is -0.385. The summed E-state index contributed by atoms with van der Waals surface area (Å²) < 4.78 is 35.8. The second kappa shape index (κ2) is 13.3. The van der Waals surface area contributed by atoms with Crippen LogP contribution in [-0.4, -0.2) is 43.7 Å². The van der Waals surface area contributed by atoms with Crippen LogP contribution in [0.2, 0.25) is 15.1 Å².